The second kappa shape index (κ2) is 5.91. The number of rotatable bonds is 5. The van der Waals surface area contributed by atoms with E-state index in [0.29, 0.717) is 0 Å². The summed E-state index contributed by atoms with van der Waals surface area (Å²) in [5, 5.41) is 0. The van der Waals surface area contributed by atoms with Crippen molar-refractivity contribution in [3.05, 3.63) is 54.0 Å². The standard InChI is InChI=1S/C13H16N2OS/c1-2-17-12-5-3-10(4-6-12)13(15-14)11-7-8-16-9-11/h3-9,13,15H,2,14H2,1H3. The molecule has 0 fully saturated rings. The van der Waals surface area contributed by atoms with E-state index in [-0.39, 0.29) is 6.04 Å². The van der Waals surface area contributed by atoms with Crippen molar-refractivity contribution in [2.45, 2.75) is 17.9 Å². The van der Waals surface area contributed by atoms with E-state index in [1.54, 1.807) is 12.5 Å². The van der Waals surface area contributed by atoms with Crippen molar-refractivity contribution >= 4 is 11.8 Å². The summed E-state index contributed by atoms with van der Waals surface area (Å²) in [6, 6.07) is 10.3. The van der Waals surface area contributed by atoms with E-state index in [2.05, 4.69) is 36.6 Å². The number of nitrogens with two attached hydrogens (primary N) is 1. The van der Waals surface area contributed by atoms with E-state index in [1.807, 2.05) is 17.8 Å². The average Bonchev–Trinajstić information content (AvgIpc) is 2.86. The van der Waals surface area contributed by atoms with E-state index in [1.165, 1.54) is 4.90 Å². The third-order valence-electron chi connectivity index (χ3n) is 2.57. The van der Waals surface area contributed by atoms with Gasteiger partial charge in [0.1, 0.15) is 0 Å². The third-order valence-corrected chi connectivity index (χ3v) is 3.46. The van der Waals surface area contributed by atoms with Crippen molar-refractivity contribution in [1.29, 1.82) is 0 Å². The highest BCUT2D eigenvalue weighted by molar-refractivity contribution is 7.99. The summed E-state index contributed by atoms with van der Waals surface area (Å²) in [6.07, 6.45) is 3.36. The molecule has 0 aliphatic heterocycles. The van der Waals surface area contributed by atoms with Gasteiger partial charge in [-0.15, -0.1) is 11.8 Å². The van der Waals surface area contributed by atoms with Gasteiger partial charge in [-0.3, -0.25) is 5.84 Å². The first-order valence-electron chi connectivity index (χ1n) is 5.56. The number of hydrazine groups is 1. The maximum atomic E-state index is 5.60. The Morgan fingerprint density at radius 3 is 2.53 bits per heavy atom. The summed E-state index contributed by atoms with van der Waals surface area (Å²) in [7, 11) is 0. The van der Waals surface area contributed by atoms with Gasteiger partial charge in [-0.2, -0.15) is 0 Å². The predicted octanol–water partition coefficient (Wildman–Crippen LogP) is 2.94. The molecule has 3 N–H and O–H groups in total. The predicted molar refractivity (Wildman–Crippen MR) is 70.7 cm³/mol. The lowest BCUT2D eigenvalue weighted by molar-refractivity contribution is 0.553. The monoisotopic (exact) mass is 248 g/mol. The van der Waals surface area contributed by atoms with Crippen LogP contribution in [0.1, 0.15) is 24.1 Å². The maximum absolute atomic E-state index is 5.60. The van der Waals surface area contributed by atoms with Crippen LogP contribution >= 0.6 is 11.8 Å². The average molecular weight is 248 g/mol. The zero-order chi connectivity index (χ0) is 12.1. The van der Waals surface area contributed by atoms with Crippen molar-refractivity contribution < 1.29 is 4.42 Å². The van der Waals surface area contributed by atoms with Gasteiger partial charge < -0.3 is 4.42 Å². The summed E-state index contributed by atoms with van der Waals surface area (Å²) >= 11 is 1.83. The Morgan fingerprint density at radius 1 is 1.24 bits per heavy atom. The van der Waals surface area contributed by atoms with Crippen molar-refractivity contribution in [3.8, 4) is 0 Å². The van der Waals surface area contributed by atoms with Gasteiger partial charge in [0, 0.05) is 10.5 Å². The Kier molecular flexibility index (Phi) is 4.25. The van der Waals surface area contributed by atoms with Crippen LogP contribution in [0.25, 0.3) is 0 Å². The molecular formula is C13H16N2OS. The minimum absolute atomic E-state index is 0.0190. The van der Waals surface area contributed by atoms with Gasteiger partial charge in [0.2, 0.25) is 0 Å². The number of furan rings is 1. The topological polar surface area (TPSA) is 51.2 Å². The van der Waals surface area contributed by atoms with Crippen LogP contribution in [0.3, 0.4) is 0 Å². The van der Waals surface area contributed by atoms with Crippen LogP contribution in [0.5, 0.6) is 0 Å². The van der Waals surface area contributed by atoms with Crippen molar-refractivity contribution in [1.82, 2.24) is 5.43 Å². The fourth-order valence-corrected chi connectivity index (χ4v) is 2.41. The first-order chi connectivity index (χ1) is 8.35. The van der Waals surface area contributed by atoms with Crippen LogP contribution < -0.4 is 11.3 Å². The Bertz CT molecular complexity index is 439. The molecule has 0 saturated carbocycles. The van der Waals surface area contributed by atoms with E-state index in [0.717, 1.165) is 16.9 Å². The molecule has 2 rings (SSSR count). The molecule has 0 aliphatic rings. The molecule has 1 unspecified atom stereocenters. The Morgan fingerprint density at radius 2 is 2.00 bits per heavy atom. The van der Waals surface area contributed by atoms with Crippen LogP contribution in [-0.2, 0) is 0 Å². The lowest BCUT2D eigenvalue weighted by Crippen LogP contribution is -2.28. The van der Waals surface area contributed by atoms with Crippen LogP contribution in [0.2, 0.25) is 0 Å². The summed E-state index contributed by atoms with van der Waals surface area (Å²) in [5.74, 6) is 6.68. The molecule has 1 heterocycles. The van der Waals surface area contributed by atoms with Gasteiger partial charge in [-0.05, 0) is 29.5 Å². The Labute approximate surface area is 105 Å². The fraction of sp³-hybridized carbons (Fsp3) is 0.231. The van der Waals surface area contributed by atoms with E-state index >= 15 is 0 Å². The molecule has 90 valence electrons. The van der Waals surface area contributed by atoms with E-state index in [9.17, 15) is 0 Å². The highest BCUT2D eigenvalue weighted by Crippen LogP contribution is 2.24. The molecule has 0 aliphatic carbocycles. The molecule has 3 nitrogen and oxygen atoms in total. The number of benzene rings is 1. The number of nitrogens with one attached hydrogen (secondary N) is 1. The third kappa shape index (κ3) is 2.91. The molecule has 17 heavy (non-hydrogen) atoms. The minimum atomic E-state index is -0.0190. The lowest BCUT2D eigenvalue weighted by Gasteiger charge is -2.14. The van der Waals surface area contributed by atoms with Gasteiger partial charge >= 0.3 is 0 Å². The molecule has 1 aromatic carbocycles. The zero-order valence-corrected chi connectivity index (χ0v) is 10.5. The molecule has 0 bridgehead atoms. The second-order valence-corrected chi connectivity index (χ2v) is 5.00. The highest BCUT2D eigenvalue weighted by atomic mass is 32.2. The van der Waals surface area contributed by atoms with E-state index < -0.39 is 0 Å². The van der Waals surface area contributed by atoms with Crippen LogP contribution in [-0.4, -0.2) is 5.75 Å². The van der Waals surface area contributed by atoms with Crippen molar-refractivity contribution in [2.75, 3.05) is 5.75 Å². The molecule has 0 saturated heterocycles. The van der Waals surface area contributed by atoms with Gasteiger partial charge in [-0.25, -0.2) is 5.43 Å². The molecule has 2 aromatic rings. The number of hydrogen-bond donors (Lipinski definition) is 2. The SMILES string of the molecule is CCSc1ccc(C(NN)c2ccoc2)cc1. The van der Waals surface area contributed by atoms with Crippen molar-refractivity contribution in [2.24, 2.45) is 5.84 Å². The number of thioether (sulfide) groups is 1. The lowest BCUT2D eigenvalue weighted by atomic mass is 10.0. The Balaban J connectivity index is 2.20. The second-order valence-electron chi connectivity index (χ2n) is 3.66. The van der Waals surface area contributed by atoms with Crippen LogP contribution in [0.15, 0.2) is 52.2 Å². The van der Waals surface area contributed by atoms with Gasteiger partial charge in [-0.1, -0.05) is 19.1 Å². The zero-order valence-electron chi connectivity index (χ0n) is 9.72. The quantitative estimate of drug-likeness (QED) is 0.485. The smallest absolute Gasteiger partial charge is 0.0954 e. The van der Waals surface area contributed by atoms with E-state index in [4.69, 9.17) is 10.3 Å². The molecule has 1 atom stereocenters. The molecule has 0 amide bonds. The maximum Gasteiger partial charge on any atom is 0.0954 e. The minimum Gasteiger partial charge on any atom is -0.472 e. The van der Waals surface area contributed by atoms with Crippen LogP contribution in [0, 0.1) is 0 Å². The highest BCUT2D eigenvalue weighted by Gasteiger charge is 2.13. The summed E-state index contributed by atoms with van der Waals surface area (Å²) < 4.78 is 5.08. The van der Waals surface area contributed by atoms with Crippen LogP contribution in [0.4, 0.5) is 0 Å². The molecule has 0 spiro atoms. The van der Waals surface area contributed by atoms with Crippen molar-refractivity contribution in [3.63, 3.8) is 0 Å². The largest absolute Gasteiger partial charge is 0.472 e. The summed E-state index contributed by atoms with van der Waals surface area (Å²) in [4.78, 5) is 1.28. The normalized spacial score (nSPS) is 12.6. The fourth-order valence-electron chi connectivity index (χ4n) is 1.75. The molecule has 4 heteroatoms. The summed E-state index contributed by atoms with van der Waals surface area (Å²) in [5.41, 5.74) is 4.97. The van der Waals surface area contributed by atoms with Gasteiger partial charge in [0.05, 0.1) is 18.6 Å². The first-order valence-corrected chi connectivity index (χ1v) is 6.54. The Hall–Kier alpha value is -1.23. The molecular weight excluding hydrogens is 232 g/mol. The summed E-state index contributed by atoms with van der Waals surface area (Å²) in [6.45, 7) is 2.15. The molecule has 1 aromatic heterocycles. The molecule has 0 radical (unpaired) electrons. The van der Waals surface area contributed by atoms with Gasteiger partial charge in [0.15, 0.2) is 0 Å². The number of hydrogen-bond acceptors (Lipinski definition) is 4. The van der Waals surface area contributed by atoms with Gasteiger partial charge in [0.25, 0.3) is 0 Å². The first kappa shape index (κ1) is 12.2.